The van der Waals surface area contributed by atoms with Gasteiger partial charge in [-0.15, -0.1) is 0 Å². The van der Waals surface area contributed by atoms with E-state index in [2.05, 4.69) is 4.84 Å². The first-order chi connectivity index (χ1) is 7.79. The molecule has 0 aromatic heterocycles. The fourth-order valence-corrected chi connectivity index (χ4v) is 1.10. The number of carbonyl (C=O) groups excluding carboxylic acids is 1. The van der Waals surface area contributed by atoms with Gasteiger partial charge in [-0.05, 0) is 18.2 Å². The largest absolute Gasteiger partial charge is 0.507 e. The molecule has 94 valence electrons. The lowest BCUT2D eigenvalue weighted by molar-refractivity contribution is -0.184. The average molecular weight is 270 g/mol. The molecular weight excluding hydrogens is 263 g/mol. The topological polar surface area (TPSA) is 58.6 Å². The third kappa shape index (κ3) is 4.49. The molecule has 0 atom stereocenters. The van der Waals surface area contributed by atoms with E-state index in [9.17, 15) is 23.1 Å². The second kappa shape index (κ2) is 5.24. The molecule has 0 aliphatic carbocycles. The lowest BCUT2D eigenvalue weighted by atomic mass is 10.2. The molecule has 0 spiro atoms. The first-order valence-corrected chi connectivity index (χ1v) is 4.65. The highest BCUT2D eigenvalue weighted by atomic mass is 35.5. The van der Waals surface area contributed by atoms with Crippen molar-refractivity contribution in [2.45, 2.75) is 6.18 Å². The third-order valence-corrected chi connectivity index (χ3v) is 1.84. The van der Waals surface area contributed by atoms with Crippen LogP contribution in [0.4, 0.5) is 13.2 Å². The minimum atomic E-state index is -4.55. The first-order valence-electron chi connectivity index (χ1n) is 4.27. The number of aromatic hydroxyl groups is 1. The second-order valence-corrected chi connectivity index (χ2v) is 3.43. The molecule has 0 aliphatic rings. The van der Waals surface area contributed by atoms with Crippen LogP contribution in [-0.2, 0) is 4.84 Å². The van der Waals surface area contributed by atoms with Crippen molar-refractivity contribution in [1.29, 1.82) is 0 Å². The first kappa shape index (κ1) is 13.6. The fourth-order valence-electron chi connectivity index (χ4n) is 0.935. The number of hydrogen-bond donors (Lipinski definition) is 2. The van der Waals surface area contributed by atoms with Gasteiger partial charge in [0.1, 0.15) is 5.75 Å². The maximum Gasteiger partial charge on any atom is 0.414 e. The highest BCUT2D eigenvalue weighted by Crippen LogP contribution is 2.21. The number of benzene rings is 1. The molecule has 0 aliphatic heterocycles. The predicted octanol–water partition coefficient (Wildman–Crippen LogP) is 2.27. The van der Waals surface area contributed by atoms with E-state index in [0.717, 1.165) is 12.1 Å². The maximum atomic E-state index is 11.7. The molecule has 0 fully saturated rings. The average Bonchev–Trinajstić information content (AvgIpc) is 2.15. The number of hydrogen-bond acceptors (Lipinski definition) is 3. The summed E-state index contributed by atoms with van der Waals surface area (Å²) < 4.78 is 35.1. The number of amides is 1. The summed E-state index contributed by atoms with van der Waals surface area (Å²) in [6, 6.07) is 3.55. The van der Waals surface area contributed by atoms with E-state index in [4.69, 9.17) is 11.6 Å². The zero-order valence-electron chi connectivity index (χ0n) is 8.21. The van der Waals surface area contributed by atoms with Crippen LogP contribution in [-0.4, -0.2) is 23.8 Å². The summed E-state index contributed by atoms with van der Waals surface area (Å²) in [6.45, 7) is -1.62. The van der Waals surface area contributed by atoms with Crippen molar-refractivity contribution in [3.05, 3.63) is 28.8 Å². The minimum Gasteiger partial charge on any atom is -0.507 e. The third-order valence-electron chi connectivity index (χ3n) is 1.61. The Morgan fingerprint density at radius 1 is 1.47 bits per heavy atom. The van der Waals surface area contributed by atoms with E-state index in [1.165, 1.54) is 6.07 Å². The van der Waals surface area contributed by atoms with Crippen molar-refractivity contribution in [3.8, 4) is 5.75 Å². The Labute approximate surface area is 98.9 Å². The Kier molecular flexibility index (Phi) is 4.19. The maximum absolute atomic E-state index is 11.7. The van der Waals surface area contributed by atoms with Gasteiger partial charge in [-0.25, -0.2) is 5.48 Å². The Bertz CT molecular complexity index is 422. The number of phenolic OH excluding ortho intramolecular Hbond substituents is 1. The van der Waals surface area contributed by atoms with Gasteiger partial charge in [0.15, 0.2) is 6.61 Å². The number of rotatable bonds is 3. The number of hydroxylamine groups is 1. The Balaban J connectivity index is 2.59. The Hall–Kier alpha value is -1.47. The molecular formula is C9H7ClF3NO3. The van der Waals surface area contributed by atoms with Crippen LogP contribution in [0.5, 0.6) is 5.75 Å². The number of alkyl halides is 3. The van der Waals surface area contributed by atoms with Crippen molar-refractivity contribution in [3.63, 3.8) is 0 Å². The standard InChI is InChI=1S/C9H7ClF3NO3/c10-5-1-2-6(7(15)3-5)8(16)14-17-4-9(11,12)13/h1-3,15H,4H2,(H,14,16). The molecule has 0 heterocycles. The molecule has 1 amide bonds. The minimum absolute atomic E-state index is 0.190. The quantitative estimate of drug-likeness (QED) is 0.828. The molecule has 0 unspecified atom stereocenters. The van der Waals surface area contributed by atoms with E-state index < -0.39 is 24.4 Å². The Morgan fingerprint density at radius 2 is 2.12 bits per heavy atom. The Morgan fingerprint density at radius 3 is 2.65 bits per heavy atom. The summed E-state index contributed by atoms with van der Waals surface area (Å²) >= 11 is 5.51. The fraction of sp³-hybridized carbons (Fsp3) is 0.222. The van der Waals surface area contributed by atoms with Crippen LogP contribution >= 0.6 is 11.6 Å². The van der Waals surface area contributed by atoms with Gasteiger partial charge >= 0.3 is 6.18 Å². The summed E-state index contributed by atoms with van der Waals surface area (Å²) in [4.78, 5) is 15.2. The van der Waals surface area contributed by atoms with Gasteiger partial charge in [0.2, 0.25) is 0 Å². The number of halogens is 4. The summed E-state index contributed by atoms with van der Waals surface area (Å²) in [5, 5.41) is 9.49. The summed E-state index contributed by atoms with van der Waals surface area (Å²) in [6.07, 6.45) is -4.55. The van der Waals surface area contributed by atoms with Crippen molar-refractivity contribution in [2.75, 3.05) is 6.61 Å². The van der Waals surface area contributed by atoms with Crippen LogP contribution in [0.1, 0.15) is 10.4 Å². The number of phenols is 1. The van der Waals surface area contributed by atoms with Crippen LogP contribution in [0.3, 0.4) is 0 Å². The van der Waals surface area contributed by atoms with E-state index in [-0.39, 0.29) is 10.6 Å². The van der Waals surface area contributed by atoms with Crippen molar-refractivity contribution in [2.24, 2.45) is 0 Å². The molecule has 1 aromatic rings. The zero-order chi connectivity index (χ0) is 13.1. The van der Waals surface area contributed by atoms with Crippen molar-refractivity contribution >= 4 is 17.5 Å². The van der Waals surface area contributed by atoms with E-state index in [1.807, 2.05) is 0 Å². The highest BCUT2D eigenvalue weighted by molar-refractivity contribution is 6.30. The summed E-state index contributed by atoms with van der Waals surface area (Å²) in [5.41, 5.74) is 1.31. The molecule has 8 heteroatoms. The normalized spacial score (nSPS) is 11.3. The van der Waals surface area contributed by atoms with Crippen LogP contribution in [0.25, 0.3) is 0 Å². The van der Waals surface area contributed by atoms with Gasteiger partial charge in [-0.3, -0.25) is 9.63 Å². The lowest BCUT2D eigenvalue weighted by Crippen LogP contribution is -2.29. The zero-order valence-corrected chi connectivity index (χ0v) is 8.97. The van der Waals surface area contributed by atoms with E-state index in [0.29, 0.717) is 0 Å². The lowest BCUT2D eigenvalue weighted by Gasteiger charge is -2.09. The van der Waals surface area contributed by atoms with Crippen LogP contribution in [0.2, 0.25) is 5.02 Å². The van der Waals surface area contributed by atoms with Gasteiger partial charge in [0.05, 0.1) is 5.56 Å². The molecule has 17 heavy (non-hydrogen) atoms. The number of carbonyl (C=O) groups is 1. The summed E-state index contributed by atoms with van der Waals surface area (Å²) in [5.74, 6) is -1.45. The van der Waals surface area contributed by atoms with E-state index in [1.54, 1.807) is 5.48 Å². The highest BCUT2D eigenvalue weighted by Gasteiger charge is 2.28. The smallest absolute Gasteiger partial charge is 0.414 e. The van der Waals surface area contributed by atoms with Crippen LogP contribution < -0.4 is 5.48 Å². The molecule has 2 N–H and O–H groups in total. The molecule has 1 aromatic carbocycles. The van der Waals surface area contributed by atoms with Gasteiger partial charge in [-0.2, -0.15) is 13.2 Å². The molecule has 0 saturated carbocycles. The second-order valence-electron chi connectivity index (χ2n) is 3.00. The number of nitrogens with one attached hydrogen (secondary N) is 1. The van der Waals surface area contributed by atoms with Gasteiger partial charge < -0.3 is 5.11 Å². The SMILES string of the molecule is O=C(NOCC(F)(F)F)c1ccc(Cl)cc1O. The molecule has 0 bridgehead atoms. The molecule has 4 nitrogen and oxygen atoms in total. The molecule has 0 radical (unpaired) electrons. The van der Waals surface area contributed by atoms with Crippen LogP contribution in [0.15, 0.2) is 18.2 Å². The summed E-state index contributed by atoms with van der Waals surface area (Å²) in [7, 11) is 0. The predicted molar refractivity (Wildman–Crippen MR) is 52.6 cm³/mol. The van der Waals surface area contributed by atoms with E-state index >= 15 is 0 Å². The molecule has 1 rings (SSSR count). The van der Waals surface area contributed by atoms with Crippen molar-refractivity contribution in [1.82, 2.24) is 5.48 Å². The van der Waals surface area contributed by atoms with Gasteiger partial charge in [0.25, 0.3) is 5.91 Å². The monoisotopic (exact) mass is 269 g/mol. The van der Waals surface area contributed by atoms with Gasteiger partial charge in [0, 0.05) is 5.02 Å². The molecule has 0 saturated heterocycles. The van der Waals surface area contributed by atoms with Gasteiger partial charge in [-0.1, -0.05) is 11.6 Å². The van der Waals surface area contributed by atoms with Crippen molar-refractivity contribution < 1.29 is 27.9 Å². The van der Waals surface area contributed by atoms with Crippen LogP contribution in [0, 0.1) is 0 Å².